The van der Waals surface area contributed by atoms with Crippen LogP contribution in [0.3, 0.4) is 0 Å². The monoisotopic (exact) mass is 326 g/mol. The topological polar surface area (TPSA) is 20.7 Å². The zero-order valence-corrected chi connectivity index (χ0v) is 11.2. The zero-order valence-electron chi connectivity index (χ0n) is 10.4. The molecule has 1 N–H and O–H groups in total. The first-order chi connectivity index (χ1) is 9.51. The van der Waals surface area contributed by atoms with E-state index in [2.05, 4.69) is 0 Å². The van der Waals surface area contributed by atoms with Crippen LogP contribution in [0.4, 0.5) is 26.3 Å². The van der Waals surface area contributed by atoms with E-state index in [4.69, 9.17) is 12.2 Å². The first-order valence-corrected chi connectivity index (χ1v) is 5.99. The van der Waals surface area contributed by atoms with Crippen LogP contribution in [0.1, 0.15) is 16.8 Å². The number of halogens is 6. The molecule has 2 nitrogen and oxygen atoms in total. The molecule has 0 saturated carbocycles. The predicted molar refractivity (Wildman–Crippen MR) is 65.7 cm³/mol. The van der Waals surface area contributed by atoms with Gasteiger partial charge in [0, 0.05) is 5.56 Å². The summed E-state index contributed by atoms with van der Waals surface area (Å²) in [6.45, 7) is 1.16. The molecule has 1 aromatic heterocycles. The van der Waals surface area contributed by atoms with Crippen molar-refractivity contribution >= 4 is 12.2 Å². The Bertz CT molecular complexity index is 723. The molecule has 114 valence electrons. The van der Waals surface area contributed by atoms with Crippen molar-refractivity contribution in [3.05, 3.63) is 45.7 Å². The molecule has 1 aromatic carbocycles. The quantitative estimate of drug-likeness (QED) is 0.585. The molecule has 0 amide bonds. The summed E-state index contributed by atoms with van der Waals surface area (Å²) in [5.41, 5.74) is -2.41. The van der Waals surface area contributed by atoms with Crippen molar-refractivity contribution in [1.29, 1.82) is 0 Å². The smallest absolute Gasteiger partial charge is 0.288 e. The summed E-state index contributed by atoms with van der Waals surface area (Å²) in [7, 11) is 0. The first-order valence-electron chi connectivity index (χ1n) is 5.58. The zero-order chi connectivity index (χ0) is 16.0. The first kappa shape index (κ1) is 15.6. The Morgan fingerprint density at radius 1 is 1.05 bits per heavy atom. The van der Waals surface area contributed by atoms with Crippen LogP contribution < -0.4 is 0 Å². The van der Waals surface area contributed by atoms with Crippen molar-refractivity contribution in [3.8, 4) is 5.69 Å². The van der Waals surface area contributed by atoms with E-state index in [1.165, 1.54) is 6.07 Å². The molecule has 2 rings (SSSR count). The summed E-state index contributed by atoms with van der Waals surface area (Å²) < 4.78 is 76.8. The van der Waals surface area contributed by atoms with Crippen molar-refractivity contribution in [1.82, 2.24) is 9.78 Å². The number of H-pyrrole nitrogens is 1. The molecule has 0 atom stereocenters. The van der Waals surface area contributed by atoms with E-state index in [-0.39, 0.29) is 15.9 Å². The molecule has 2 aromatic rings. The number of nitrogens with zero attached hydrogens (tertiary/aromatic N) is 1. The average molecular weight is 326 g/mol. The summed E-state index contributed by atoms with van der Waals surface area (Å²) in [5, 5.41) is 2.00. The van der Waals surface area contributed by atoms with Gasteiger partial charge in [0.05, 0.1) is 11.3 Å². The maximum absolute atomic E-state index is 12.8. The molecule has 0 aliphatic heterocycles. The highest BCUT2D eigenvalue weighted by Crippen LogP contribution is 2.33. The molecule has 1 heterocycles. The number of nitrogens with one attached hydrogen (secondary N) is 1. The average Bonchev–Trinajstić information content (AvgIpc) is 2.65. The fourth-order valence-electron chi connectivity index (χ4n) is 1.80. The largest absolute Gasteiger partial charge is 0.433 e. The van der Waals surface area contributed by atoms with Gasteiger partial charge in [0.25, 0.3) is 0 Å². The van der Waals surface area contributed by atoms with Gasteiger partial charge in [0.1, 0.15) is 10.3 Å². The molecular weight excluding hydrogens is 318 g/mol. The molecular formula is C12H8F6N2S. The van der Waals surface area contributed by atoms with E-state index >= 15 is 0 Å². The van der Waals surface area contributed by atoms with Crippen LogP contribution in [0.25, 0.3) is 5.69 Å². The molecule has 0 aliphatic rings. The molecule has 0 spiro atoms. The summed E-state index contributed by atoms with van der Waals surface area (Å²) >= 11 is 4.85. The predicted octanol–water partition coefficient (Wildman–Crippen LogP) is 4.88. The molecule has 0 aliphatic carbocycles. The fourth-order valence-corrected chi connectivity index (χ4v) is 2.05. The second-order valence-corrected chi connectivity index (χ2v) is 4.68. The third-order valence-corrected chi connectivity index (χ3v) is 3.33. The van der Waals surface area contributed by atoms with Gasteiger partial charge in [-0.05, 0) is 25.1 Å². The third-order valence-electron chi connectivity index (χ3n) is 2.84. The van der Waals surface area contributed by atoms with E-state index in [0.717, 1.165) is 29.8 Å². The van der Waals surface area contributed by atoms with E-state index < -0.39 is 23.6 Å². The second-order valence-electron chi connectivity index (χ2n) is 4.30. The van der Waals surface area contributed by atoms with E-state index in [1.54, 1.807) is 0 Å². The number of aromatic amines is 1. The van der Waals surface area contributed by atoms with Crippen LogP contribution in [0, 0.1) is 11.6 Å². The van der Waals surface area contributed by atoms with Gasteiger partial charge in [-0.15, -0.1) is 0 Å². The minimum absolute atomic E-state index is 0.117. The molecule has 0 fully saturated rings. The van der Waals surface area contributed by atoms with Gasteiger partial charge in [0.15, 0.2) is 0 Å². The van der Waals surface area contributed by atoms with Gasteiger partial charge >= 0.3 is 12.4 Å². The highest BCUT2D eigenvalue weighted by molar-refractivity contribution is 7.71. The van der Waals surface area contributed by atoms with Crippen LogP contribution in [0.5, 0.6) is 0 Å². The number of hydrogen-bond donors (Lipinski definition) is 1. The SMILES string of the molecule is Cc1c(C(F)(F)F)[nH]n(-c2cccc(C(F)(F)F)c2)c1=S. The Labute approximate surface area is 120 Å². The molecule has 9 heteroatoms. The van der Waals surface area contributed by atoms with Gasteiger partial charge in [-0.3, -0.25) is 5.10 Å². The Morgan fingerprint density at radius 3 is 2.14 bits per heavy atom. The molecule has 0 bridgehead atoms. The minimum Gasteiger partial charge on any atom is -0.288 e. The fraction of sp³-hybridized carbons (Fsp3) is 0.250. The lowest BCUT2D eigenvalue weighted by atomic mass is 10.2. The lowest BCUT2D eigenvalue weighted by Gasteiger charge is -2.09. The number of rotatable bonds is 1. The van der Waals surface area contributed by atoms with Crippen LogP contribution in [0.2, 0.25) is 0 Å². The van der Waals surface area contributed by atoms with Gasteiger partial charge < -0.3 is 0 Å². The van der Waals surface area contributed by atoms with Crippen molar-refractivity contribution in [2.24, 2.45) is 0 Å². The maximum Gasteiger partial charge on any atom is 0.433 e. The standard InChI is InChI=1S/C12H8F6N2S/c1-6-9(12(16,17)18)19-20(10(6)21)8-4-2-3-7(5-8)11(13,14)15/h2-5,19H,1H3. The van der Waals surface area contributed by atoms with Crippen LogP contribution in [-0.2, 0) is 12.4 Å². The minimum atomic E-state index is -4.66. The van der Waals surface area contributed by atoms with Gasteiger partial charge in [-0.2, -0.15) is 26.3 Å². The van der Waals surface area contributed by atoms with Crippen molar-refractivity contribution in [2.45, 2.75) is 19.3 Å². The Hall–Kier alpha value is -1.77. The lowest BCUT2D eigenvalue weighted by Crippen LogP contribution is -2.09. The van der Waals surface area contributed by atoms with Crippen LogP contribution in [-0.4, -0.2) is 9.78 Å². The van der Waals surface area contributed by atoms with Gasteiger partial charge in [0.2, 0.25) is 0 Å². The normalized spacial score (nSPS) is 12.7. The lowest BCUT2D eigenvalue weighted by molar-refractivity contribution is -0.142. The highest BCUT2D eigenvalue weighted by Gasteiger charge is 2.36. The third kappa shape index (κ3) is 2.97. The summed E-state index contributed by atoms with van der Waals surface area (Å²) in [5.74, 6) is 0. The van der Waals surface area contributed by atoms with E-state index in [0.29, 0.717) is 0 Å². The summed E-state index contributed by atoms with van der Waals surface area (Å²) in [4.78, 5) is 0. The van der Waals surface area contributed by atoms with Crippen molar-refractivity contribution in [2.75, 3.05) is 0 Å². The molecule has 0 unspecified atom stereocenters. The number of hydrogen-bond acceptors (Lipinski definition) is 1. The van der Waals surface area contributed by atoms with Gasteiger partial charge in [-0.1, -0.05) is 18.3 Å². The summed E-state index contributed by atoms with van der Waals surface area (Å²) in [6, 6.07) is 3.89. The molecule has 0 radical (unpaired) electrons. The van der Waals surface area contributed by atoms with Gasteiger partial charge in [-0.25, -0.2) is 4.68 Å². The number of alkyl halides is 6. The van der Waals surface area contributed by atoms with E-state index in [9.17, 15) is 26.3 Å². The summed E-state index contributed by atoms with van der Waals surface area (Å²) in [6.07, 6.45) is -9.25. The molecule has 0 saturated heterocycles. The van der Waals surface area contributed by atoms with E-state index in [1.807, 2.05) is 5.10 Å². The number of benzene rings is 1. The maximum atomic E-state index is 12.8. The highest BCUT2D eigenvalue weighted by atomic mass is 32.1. The molecule has 21 heavy (non-hydrogen) atoms. The number of aromatic nitrogens is 2. The van der Waals surface area contributed by atoms with Crippen molar-refractivity contribution in [3.63, 3.8) is 0 Å². The van der Waals surface area contributed by atoms with Crippen LogP contribution in [0.15, 0.2) is 24.3 Å². The van der Waals surface area contributed by atoms with Crippen LogP contribution >= 0.6 is 12.2 Å². The van der Waals surface area contributed by atoms with Crippen molar-refractivity contribution < 1.29 is 26.3 Å². The second kappa shape index (κ2) is 4.90. The Morgan fingerprint density at radius 2 is 1.67 bits per heavy atom. The Balaban J connectivity index is 2.61. The Kier molecular flexibility index (Phi) is 3.64.